The molecule has 2 aromatic rings. The molecule has 1 unspecified atom stereocenters. The summed E-state index contributed by atoms with van der Waals surface area (Å²) in [6.45, 7) is 2.29. The predicted molar refractivity (Wildman–Crippen MR) is 67.8 cm³/mol. The summed E-state index contributed by atoms with van der Waals surface area (Å²) in [5.41, 5.74) is 1.71. The third-order valence-electron chi connectivity index (χ3n) is 2.85. The fourth-order valence-corrected chi connectivity index (χ4v) is 1.65. The van der Waals surface area contributed by atoms with Crippen molar-refractivity contribution in [1.82, 2.24) is 9.78 Å². The highest BCUT2D eigenvalue weighted by atomic mass is 19.1. The lowest BCUT2D eigenvalue weighted by Crippen LogP contribution is -2.12. The second-order valence-corrected chi connectivity index (χ2v) is 4.24. The lowest BCUT2D eigenvalue weighted by molar-refractivity contribution is 0.191. The Balaban J connectivity index is 1.95. The predicted octanol–water partition coefficient (Wildman–Crippen LogP) is 2.01. The van der Waals surface area contributed by atoms with Gasteiger partial charge < -0.3 is 10.4 Å². The Morgan fingerprint density at radius 1 is 1.39 bits per heavy atom. The maximum atomic E-state index is 12.7. The first kappa shape index (κ1) is 12.6. The van der Waals surface area contributed by atoms with E-state index in [0.29, 0.717) is 12.1 Å². The Labute approximate surface area is 105 Å². The summed E-state index contributed by atoms with van der Waals surface area (Å²) in [5, 5.41) is 17.2. The van der Waals surface area contributed by atoms with Crippen LogP contribution in [0.3, 0.4) is 0 Å². The van der Waals surface area contributed by atoms with Gasteiger partial charge in [0.1, 0.15) is 11.6 Å². The largest absolute Gasteiger partial charge is 0.387 e. The Morgan fingerprint density at radius 3 is 2.61 bits per heavy atom. The number of rotatable bonds is 4. The maximum absolute atomic E-state index is 12.7. The quantitative estimate of drug-likeness (QED) is 0.871. The van der Waals surface area contributed by atoms with Crippen molar-refractivity contribution in [2.45, 2.75) is 13.0 Å². The lowest BCUT2D eigenvalue weighted by atomic mass is 10.1. The molecule has 5 heteroatoms. The molecule has 4 nitrogen and oxygen atoms in total. The lowest BCUT2D eigenvalue weighted by Gasteiger charge is -2.11. The molecule has 0 radical (unpaired) electrons. The summed E-state index contributed by atoms with van der Waals surface area (Å²) in [7, 11) is 1.86. The molecule has 1 atom stereocenters. The number of hydrogen-bond acceptors (Lipinski definition) is 3. The molecular weight excluding hydrogens is 233 g/mol. The van der Waals surface area contributed by atoms with Crippen molar-refractivity contribution in [2.75, 3.05) is 11.9 Å². The Hall–Kier alpha value is -1.88. The summed E-state index contributed by atoms with van der Waals surface area (Å²) in [6, 6.07) is 7.72. The molecule has 1 heterocycles. The van der Waals surface area contributed by atoms with Gasteiger partial charge in [-0.1, -0.05) is 12.1 Å². The van der Waals surface area contributed by atoms with E-state index in [0.717, 1.165) is 11.5 Å². The van der Waals surface area contributed by atoms with Crippen molar-refractivity contribution in [3.8, 4) is 0 Å². The number of nitrogens with zero attached hydrogens (tertiary/aromatic N) is 2. The SMILES string of the molecule is Cc1cc(NCC(O)c2ccc(F)cc2)nn1C. The average Bonchev–Trinajstić information content (AvgIpc) is 2.67. The Bertz CT molecular complexity index is 502. The molecule has 2 rings (SSSR count). The van der Waals surface area contributed by atoms with Crippen molar-refractivity contribution < 1.29 is 9.50 Å². The molecule has 0 saturated carbocycles. The average molecular weight is 249 g/mol. The molecule has 0 amide bonds. The van der Waals surface area contributed by atoms with Crippen molar-refractivity contribution >= 4 is 5.82 Å². The van der Waals surface area contributed by atoms with Crippen LogP contribution in [0.1, 0.15) is 17.4 Å². The summed E-state index contributed by atoms with van der Waals surface area (Å²) < 4.78 is 14.5. The fourth-order valence-electron chi connectivity index (χ4n) is 1.65. The standard InChI is InChI=1S/C13H16FN3O/c1-9-7-13(16-17(9)2)15-8-12(18)10-3-5-11(14)6-4-10/h3-7,12,18H,8H2,1-2H3,(H,15,16). The molecule has 96 valence electrons. The number of aliphatic hydroxyl groups excluding tert-OH is 1. The van der Waals surface area contributed by atoms with E-state index in [-0.39, 0.29) is 5.82 Å². The first-order valence-electron chi connectivity index (χ1n) is 5.74. The van der Waals surface area contributed by atoms with Gasteiger partial charge in [0.15, 0.2) is 0 Å². The minimum Gasteiger partial charge on any atom is -0.387 e. The molecule has 0 bridgehead atoms. The van der Waals surface area contributed by atoms with Crippen LogP contribution in [-0.2, 0) is 7.05 Å². The minimum atomic E-state index is -0.687. The number of anilines is 1. The van der Waals surface area contributed by atoms with Crippen molar-refractivity contribution in [2.24, 2.45) is 7.05 Å². The molecule has 1 aromatic heterocycles. The van der Waals surface area contributed by atoms with Gasteiger partial charge in [-0.3, -0.25) is 4.68 Å². The van der Waals surface area contributed by atoms with E-state index in [1.807, 2.05) is 20.0 Å². The van der Waals surface area contributed by atoms with Crippen LogP contribution in [0, 0.1) is 12.7 Å². The molecule has 2 N–H and O–H groups in total. The van der Waals surface area contributed by atoms with Gasteiger partial charge in [0.05, 0.1) is 6.10 Å². The van der Waals surface area contributed by atoms with Gasteiger partial charge in [-0.15, -0.1) is 0 Å². The van der Waals surface area contributed by atoms with Crippen LogP contribution >= 0.6 is 0 Å². The molecule has 0 spiro atoms. The van der Waals surface area contributed by atoms with E-state index in [1.165, 1.54) is 12.1 Å². The van der Waals surface area contributed by atoms with Crippen LogP contribution in [0.2, 0.25) is 0 Å². The van der Waals surface area contributed by atoms with E-state index in [2.05, 4.69) is 10.4 Å². The van der Waals surface area contributed by atoms with Crippen LogP contribution in [-0.4, -0.2) is 21.4 Å². The van der Waals surface area contributed by atoms with Gasteiger partial charge >= 0.3 is 0 Å². The second kappa shape index (κ2) is 5.18. The fraction of sp³-hybridized carbons (Fsp3) is 0.308. The highest BCUT2D eigenvalue weighted by Crippen LogP contribution is 2.15. The number of aromatic nitrogens is 2. The van der Waals surface area contributed by atoms with E-state index in [1.54, 1.807) is 16.8 Å². The smallest absolute Gasteiger partial charge is 0.148 e. The summed E-state index contributed by atoms with van der Waals surface area (Å²) in [5.74, 6) is 0.412. The highest BCUT2D eigenvalue weighted by molar-refractivity contribution is 5.36. The van der Waals surface area contributed by atoms with Crippen molar-refractivity contribution in [3.63, 3.8) is 0 Å². The molecule has 18 heavy (non-hydrogen) atoms. The zero-order valence-electron chi connectivity index (χ0n) is 10.4. The first-order valence-corrected chi connectivity index (χ1v) is 5.74. The van der Waals surface area contributed by atoms with Crippen molar-refractivity contribution in [1.29, 1.82) is 0 Å². The Morgan fingerprint density at radius 2 is 2.06 bits per heavy atom. The monoisotopic (exact) mass is 249 g/mol. The molecule has 0 saturated heterocycles. The number of hydrogen-bond donors (Lipinski definition) is 2. The second-order valence-electron chi connectivity index (χ2n) is 4.24. The van der Waals surface area contributed by atoms with Crippen LogP contribution in [0.25, 0.3) is 0 Å². The summed E-state index contributed by atoms with van der Waals surface area (Å²) in [4.78, 5) is 0. The van der Waals surface area contributed by atoms with Gasteiger partial charge in [0.25, 0.3) is 0 Å². The molecule has 0 aliphatic rings. The minimum absolute atomic E-state index is 0.306. The van der Waals surface area contributed by atoms with E-state index in [4.69, 9.17) is 0 Å². The topological polar surface area (TPSA) is 50.1 Å². The van der Waals surface area contributed by atoms with Gasteiger partial charge in [0.2, 0.25) is 0 Å². The van der Waals surface area contributed by atoms with E-state index >= 15 is 0 Å². The van der Waals surface area contributed by atoms with Crippen LogP contribution in [0.4, 0.5) is 10.2 Å². The molecule has 0 aliphatic carbocycles. The third-order valence-corrected chi connectivity index (χ3v) is 2.85. The number of aliphatic hydroxyl groups is 1. The van der Waals surface area contributed by atoms with Crippen LogP contribution in [0.5, 0.6) is 0 Å². The maximum Gasteiger partial charge on any atom is 0.148 e. The number of benzene rings is 1. The normalized spacial score (nSPS) is 12.4. The number of nitrogens with one attached hydrogen (secondary N) is 1. The highest BCUT2D eigenvalue weighted by Gasteiger charge is 2.08. The van der Waals surface area contributed by atoms with Crippen molar-refractivity contribution in [3.05, 3.63) is 47.4 Å². The van der Waals surface area contributed by atoms with Crippen LogP contribution < -0.4 is 5.32 Å². The number of aryl methyl sites for hydroxylation is 2. The molecule has 1 aromatic carbocycles. The number of halogens is 1. The van der Waals surface area contributed by atoms with Gasteiger partial charge in [-0.25, -0.2) is 4.39 Å². The summed E-state index contributed by atoms with van der Waals surface area (Å²) >= 11 is 0. The van der Waals surface area contributed by atoms with Gasteiger partial charge in [-0.2, -0.15) is 5.10 Å². The molecular formula is C13H16FN3O. The van der Waals surface area contributed by atoms with E-state index < -0.39 is 6.10 Å². The summed E-state index contributed by atoms with van der Waals surface area (Å²) in [6.07, 6.45) is -0.687. The zero-order valence-corrected chi connectivity index (χ0v) is 10.4. The van der Waals surface area contributed by atoms with E-state index in [9.17, 15) is 9.50 Å². The third kappa shape index (κ3) is 2.87. The van der Waals surface area contributed by atoms with Crippen LogP contribution in [0.15, 0.2) is 30.3 Å². The zero-order chi connectivity index (χ0) is 13.1. The molecule has 0 aliphatic heterocycles. The van der Waals surface area contributed by atoms with Gasteiger partial charge in [-0.05, 0) is 24.6 Å². The first-order chi connectivity index (χ1) is 8.56. The molecule has 0 fully saturated rings. The Kier molecular flexibility index (Phi) is 3.62. The van der Waals surface area contributed by atoms with Gasteiger partial charge in [0, 0.05) is 25.4 Å².